The van der Waals surface area contributed by atoms with Crippen molar-refractivity contribution in [2.75, 3.05) is 18.4 Å². The lowest BCUT2D eigenvalue weighted by Gasteiger charge is -2.32. The van der Waals surface area contributed by atoms with Gasteiger partial charge in [0.05, 0.1) is 10.5 Å². The van der Waals surface area contributed by atoms with Gasteiger partial charge in [-0.25, -0.2) is 8.42 Å². The molecule has 0 radical (unpaired) electrons. The number of thiophene rings is 1. The van der Waals surface area contributed by atoms with Crippen molar-refractivity contribution in [2.45, 2.75) is 56.6 Å². The molecule has 1 unspecified atom stereocenters. The number of fused-ring (bicyclic) bond motifs is 1. The Morgan fingerprint density at radius 1 is 1.05 bits per heavy atom. The number of hydrogen-bond donors (Lipinski definition) is 2. The van der Waals surface area contributed by atoms with E-state index in [0.29, 0.717) is 35.6 Å². The molecule has 1 aromatic heterocycles. The topological polar surface area (TPSA) is 113 Å². The monoisotopic (exact) mass is 552 g/mol. The van der Waals surface area contributed by atoms with Gasteiger partial charge in [0.15, 0.2) is 0 Å². The van der Waals surface area contributed by atoms with E-state index in [9.17, 15) is 18.0 Å². The van der Waals surface area contributed by atoms with Gasteiger partial charge in [0, 0.05) is 42.7 Å². The Kier molecular flexibility index (Phi) is 7.67. The largest absolute Gasteiger partial charge is 0.365 e. The van der Waals surface area contributed by atoms with Gasteiger partial charge >= 0.3 is 0 Å². The minimum Gasteiger partial charge on any atom is -0.365 e. The summed E-state index contributed by atoms with van der Waals surface area (Å²) in [6.45, 7) is 4.70. The van der Waals surface area contributed by atoms with Crippen LogP contribution in [-0.4, -0.2) is 48.6 Å². The predicted octanol–water partition coefficient (Wildman–Crippen LogP) is 4.22. The van der Waals surface area contributed by atoms with E-state index in [4.69, 9.17) is 5.73 Å². The zero-order chi connectivity index (χ0) is 26.9. The van der Waals surface area contributed by atoms with Crippen LogP contribution >= 0.6 is 11.3 Å². The first-order valence-corrected chi connectivity index (χ1v) is 15.1. The Bertz CT molecular complexity index is 1440. The molecule has 5 rings (SSSR count). The third-order valence-electron chi connectivity index (χ3n) is 7.32. The van der Waals surface area contributed by atoms with E-state index in [1.807, 2.05) is 25.1 Å². The fourth-order valence-electron chi connectivity index (χ4n) is 5.30. The van der Waals surface area contributed by atoms with Crippen LogP contribution in [0.5, 0.6) is 0 Å². The maximum Gasteiger partial charge on any atom is 0.256 e. The first kappa shape index (κ1) is 26.6. The van der Waals surface area contributed by atoms with Crippen molar-refractivity contribution >= 4 is 38.2 Å². The van der Waals surface area contributed by atoms with E-state index in [-0.39, 0.29) is 10.9 Å². The Balaban J connectivity index is 1.32. The average Bonchev–Trinajstić information content (AvgIpc) is 3.26. The molecule has 38 heavy (non-hydrogen) atoms. The first-order chi connectivity index (χ1) is 18.2. The number of primary amides is 1. The SMILES string of the molecule is CC1CCCCN1S(=O)(=O)c1ccc(C(=O)Nc2sc3c(c2C(N)=O)CCN(Cc2ccccc2)C3)cc1. The molecule has 0 bridgehead atoms. The van der Waals surface area contributed by atoms with E-state index < -0.39 is 21.8 Å². The fourth-order valence-corrected chi connectivity index (χ4v) is 8.29. The van der Waals surface area contributed by atoms with Crippen LogP contribution in [0, 0.1) is 0 Å². The van der Waals surface area contributed by atoms with Crippen molar-refractivity contribution in [3.63, 3.8) is 0 Å². The van der Waals surface area contributed by atoms with Crippen LogP contribution in [-0.2, 0) is 29.5 Å². The molecule has 1 saturated heterocycles. The third-order valence-corrected chi connectivity index (χ3v) is 10.5. The molecule has 0 aliphatic carbocycles. The number of amides is 2. The number of nitrogens with two attached hydrogens (primary N) is 1. The lowest BCUT2D eigenvalue weighted by atomic mass is 10.0. The van der Waals surface area contributed by atoms with Gasteiger partial charge < -0.3 is 11.1 Å². The highest BCUT2D eigenvalue weighted by Crippen LogP contribution is 2.37. The molecule has 0 spiro atoms. The quantitative estimate of drug-likeness (QED) is 0.456. The average molecular weight is 553 g/mol. The van der Waals surface area contributed by atoms with E-state index in [2.05, 4.69) is 22.3 Å². The third kappa shape index (κ3) is 5.40. The highest BCUT2D eigenvalue weighted by atomic mass is 32.2. The second-order valence-corrected chi connectivity index (χ2v) is 13.0. The Morgan fingerprint density at radius 2 is 1.79 bits per heavy atom. The van der Waals surface area contributed by atoms with Gasteiger partial charge in [0.1, 0.15) is 5.00 Å². The van der Waals surface area contributed by atoms with Crippen LogP contribution in [0.1, 0.15) is 62.9 Å². The maximum absolute atomic E-state index is 13.1. The predicted molar refractivity (Wildman–Crippen MR) is 149 cm³/mol. The van der Waals surface area contributed by atoms with Crippen LogP contribution in [0.2, 0.25) is 0 Å². The summed E-state index contributed by atoms with van der Waals surface area (Å²) in [6, 6.07) is 16.1. The van der Waals surface area contributed by atoms with Gasteiger partial charge in [0.2, 0.25) is 10.0 Å². The number of carbonyl (C=O) groups excluding carboxylic acids is 2. The molecule has 3 N–H and O–H groups in total. The van der Waals surface area contributed by atoms with Crippen LogP contribution < -0.4 is 11.1 Å². The van der Waals surface area contributed by atoms with Crippen molar-refractivity contribution in [3.05, 3.63) is 81.7 Å². The zero-order valence-corrected chi connectivity index (χ0v) is 23.0. The molecule has 8 nitrogen and oxygen atoms in total. The summed E-state index contributed by atoms with van der Waals surface area (Å²) in [7, 11) is -3.62. The normalized spacial score (nSPS) is 18.6. The summed E-state index contributed by atoms with van der Waals surface area (Å²) in [5, 5.41) is 3.30. The number of nitrogens with zero attached hydrogens (tertiary/aromatic N) is 2. The highest BCUT2D eigenvalue weighted by Gasteiger charge is 2.31. The van der Waals surface area contributed by atoms with Crippen molar-refractivity contribution in [2.24, 2.45) is 5.73 Å². The number of piperidine rings is 1. The maximum atomic E-state index is 13.1. The lowest BCUT2D eigenvalue weighted by Crippen LogP contribution is -2.41. The van der Waals surface area contributed by atoms with Gasteiger partial charge in [-0.05, 0) is 61.6 Å². The minimum absolute atomic E-state index is 0.0441. The molecule has 2 aliphatic rings. The molecular formula is C28H32N4O4S2. The van der Waals surface area contributed by atoms with E-state index >= 15 is 0 Å². The molecule has 3 aromatic rings. The van der Waals surface area contributed by atoms with E-state index in [1.54, 1.807) is 4.31 Å². The number of sulfonamides is 1. The summed E-state index contributed by atoms with van der Waals surface area (Å²) in [4.78, 5) is 29.0. The molecule has 0 saturated carbocycles. The summed E-state index contributed by atoms with van der Waals surface area (Å²) in [5.74, 6) is -0.978. The number of rotatable bonds is 7. The van der Waals surface area contributed by atoms with Crippen molar-refractivity contribution in [1.82, 2.24) is 9.21 Å². The Hall–Kier alpha value is -3.05. The van der Waals surface area contributed by atoms with Gasteiger partial charge in [-0.1, -0.05) is 36.8 Å². The van der Waals surface area contributed by atoms with Crippen molar-refractivity contribution in [1.29, 1.82) is 0 Å². The standard InChI is InChI=1S/C28H32N4O4S2/c1-19-7-5-6-15-32(19)38(35,36)22-12-10-21(11-13-22)27(34)30-28-25(26(29)33)23-14-16-31(18-24(23)37-28)17-20-8-3-2-4-9-20/h2-4,8-13,19H,5-7,14-18H2,1H3,(H2,29,33)(H,30,34). The van der Waals surface area contributed by atoms with Crippen molar-refractivity contribution < 1.29 is 18.0 Å². The van der Waals surface area contributed by atoms with Crippen LogP contribution in [0.25, 0.3) is 0 Å². The van der Waals surface area contributed by atoms with Crippen molar-refractivity contribution in [3.8, 4) is 0 Å². The second kappa shape index (κ2) is 11.0. The Labute approximate surface area is 227 Å². The number of anilines is 1. The van der Waals surface area contributed by atoms with Crippen LogP contribution in [0.15, 0.2) is 59.5 Å². The number of nitrogens with one attached hydrogen (secondary N) is 1. The zero-order valence-electron chi connectivity index (χ0n) is 21.4. The highest BCUT2D eigenvalue weighted by molar-refractivity contribution is 7.89. The Morgan fingerprint density at radius 3 is 2.47 bits per heavy atom. The number of carbonyl (C=O) groups is 2. The summed E-state index contributed by atoms with van der Waals surface area (Å²) in [6.07, 6.45) is 3.39. The second-order valence-electron chi connectivity index (χ2n) is 9.96. The molecular weight excluding hydrogens is 520 g/mol. The fraction of sp³-hybridized carbons (Fsp3) is 0.357. The molecule has 2 aliphatic heterocycles. The summed E-state index contributed by atoms with van der Waals surface area (Å²) < 4.78 is 27.8. The van der Waals surface area contributed by atoms with E-state index in [1.165, 1.54) is 41.2 Å². The van der Waals surface area contributed by atoms with E-state index in [0.717, 1.165) is 42.8 Å². The first-order valence-electron chi connectivity index (χ1n) is 12.9. The number of benzene rings is 2. The molecule has 2 amide bonds. The van der Waals surface area contributed by atoms with Gasteiger partial charge in [-0.3, -0.25) is 14.5 Å². The molecule has 3 heterocycles. The lowest BCUT2D eigenvalue weighted by molar-refractivity contribution is 0.0999. The molecule has 1 fully saturated rings. The number of hydrogen-bond acceptors (Lipinski definition) is 6. The van der Waals surface area contributed by atoms with Crippen LogP contribution in [0.3, 0.4) is 0 Å². The van der Waals surface area contributed by atoms with Gasteiger partial charge in [-0.2, -0.15) is 4.31 Å². The van der Waals surface area contributed by atoms with Gasteiger partial charge in [0.25, 0.3) is 11.8 Å². The molecule has 1 atom stereocenters. The molecule has 2 aromatic carbocycles. The summed E-state index contributed by atoms with van der Waals surface area (Å²) >= 11 is 1.38. The summed E-state index contributed by atoms with van der Waals surface area (Å²) in [5.41, 5.74) is 8.54. The molecule has 200 valence electrons. The van der Waals surface area contributed by atoms with Gasteiger partial charge in [-0.15, -0.1) is 11.3 Å². The molecule has 10 heteroatoms. The smallest absolute Gasteiger partial charge is 0.256 e. The van der Waals surface area contributed by atoms with Crippen LogP contribution in [0.4, 0.5) is 5.00 Å². The minimum atomic E-state index is -3.62.